The van der Waals surface area contributed by atoms with Crippen LogP contribution in [0, 0.1) is 0 Å². The van der Waals surface area contributed by atoms with Crippen LogP contribution in [0.2, 0.25) is 0 Å². The first-order valence-electron chi connectivity index (χ1n) is 17.3. The summed E-state index contributed by atoms with van der Waals surface area (Å²) >= 11 is 0. The van der Waals surface area contributed by atoms with E-state index in [0.717, 1.165) is 78.4 Å². The Kier molecular flexibility index (Phi) is 6.88. The average molecular weight is 655 g/mol. The fourth-order valence-corrected chi connectivity index (χ4v) is 7.27. The number of hydrogen-bond acceptors (Lipinski definition) is 5. The van der Waals surface area contributed by atoms with Gasteiger partial charge in [-0.25, -0.2) is 19.9 Å². The molecule has 3 aromatic heterocycles. The van der Waals surface area contributed by atoms with E-state index in [2.05, 4.69) is 91.0 Å². The van der Waals surface area contributed by atoms with Gasteiger partial charge in [0.25, 0.3) is 0 Å². The van der Waals surface area contributed by atoms with Crippen LogP contribution in [0.4, 0.5) is 0 Å². The number of furan rings is 1. The maximum atomic E-state index is 6.59. The molecular weight excluding hydrogens is 625 g/mol. The first kappa shape index (κ1) is 29.2. The number of allylic oxidation sites excluding steroid dienone is 4. The van der Waals surface area contributed by atoms with Crippen LogP contribution in [0.1, 0.15) is 23.7 Å². The predicted molar refractivity (Wildman–Crippen MR) is 207 cm³/mol. The van der Waals surface area contributed by atoms with E-state index in [4.69, 9.17) is 24.4 Å². The molecule has 0 aliphatic heterocycles. The molecule has 5 heteroatoms. The lowest BCUT2D eigenvalue weighted by molar-refractivity contribution is 0.673. The SMILES string of the molecule is C1=CC(c2nc(-c3ccccc3)nc(-c3ccccc3)n2)CC=C1c1ccc(-c2nc3ccc4ccccc4c3c3oc4ccccc4c23)cc1. The topological polar surface area (TPSA) is 64.7 Å². The molecule has 6 aromatic carbocycles. The third-order valence-corrected chi connectivity index (χ3v) is 9.84. The summed E-state index contributed by atoms with van der Waals surface area (Å²) in [7, 11) is 0. The van der Waals surface area contributed by atoms with E-state index < -0.39 is 0 Å². The van der Waals surface area contributed by atoms with Crippen LogP contribution in [-0.2, 0) is 0 Å². The molecule has 0 fully saturated rings. The molecule has 0 amide bonds. The molecule has 0 N–H and O–H groups in total. The smallest absolute Gasteiger partial charge is 0.163 e. The minimum Gasteiger partial charge on any atom is -0.455 e. The monoisotopic (exact) mass is 654 g/mol. The molecule has 0 spiro atoms. The highest BCUT2D eigenvalue weighted by Crippen LogP contribution is 2.42. The second kappa shape index (κ2) is 12.0. The van der Waals surface area contributed by atoms with Crippen molar-refractivity contribution in [3.63, 3.8) is 0 Å². The van der Waals surface area contributed by atoms with Gasteiger partial charge in [0.05, 0.1) is 22.0 Å². The van der Waals surface area contributed by atoms with Crippen LogP contribution in [0.25, 0.3) is 83.2 Å². The summed E-state index contributed by atoms with van der Waals surface area (Å²) in [5.41, 5.74) is 8.93. The van der Waals surface area contributed by atoms with Crippen molar-refractivity contribution in [3.05, 3.63) is 175 Å². The summed E-state index contributed by atoms with van der Waals surface area (Å²) in [6, 6.07) is 49.9. The molecule has 1 aliphatic rings. The highest BCUT2D eigenvalue weighted by molar-refractivity contribution is 6.25. The van der Waals surface area contributed by atoms with Crippen molar-refractivity contribution in [1.29, 1.82) is 0 Å². The van der Waals surface area contributed by atoms with E-state index in [9.17, 15) is 0 Å². The van der Waals surface area contributed by atoms with E-state index in [1.807, 2.05) is 72.8 Å². The van der Waals surface area contributed by atoms with E-state index in [1.54, 1.807) is 0 Å². The van der Waals surface area contributed by atoms with E-state index in [0.29, 0.717) is 11.6 Å². The number of rotatable bonds is 5. The normalized spacial score (nSPS) is 14.4. The predicted octanol–water partition coefficient (Wildman–Crippen LogP) is 11.6. The Bertz CT molecular complexity index is 2760. The maximum Gasteiger partial charge on any atom is 0.163 e. The van der Waals surface area contributed by atoms with Crippen LogP contribution in [-0.4, -0.2) is 19.9 Å². The molecule has 5 nitrogen and oxygen atoms in total. The van der Waals surface area contributed by atoms with Gasteiger partial charge in [-0.05, 0) is 40.5 Å². The lowest BCUT2D eigenvalue weighted by Gasteiger charge is -2.17. The molecular formula is C46H30N4O. The summed E-state index contributed by atoms with van der Waals surface area (Å²) in [6.07, 6.45) is 7.49. The minimum atomic E-state index is 0.0430. The highest BCUT2D eigenvalue weighted by atomic mass is 16.3. The zero-order valence-electron chi connectivity index (χ0n) is 27.6. The Morgan fingerprint density at radius 1 is 0.510 bits per heavy atom. The minimum absolute atomic E-state index is 0.0430. The van der Waals surface area contributed by atoms with Crippen molar-refractivity contribution in [1.82, 2.24) is 19.9 Å². The number of fused-ring (bicyclic) bond motifs is 7. The standard InChI is InChI=1S/C46H30N4O/c1-3-12-33(13-4-1)44-48-45(34-14-5-2-6-15-34)50-46(49-44)35-25-21-30(22-26-35)29-19-23-32(24-20-29)42-41-37-17-9-10-18-39(37)51-43(41)40-36-16-8-7-11-31(36)27-28-38(40)47-42/h1-25,27-28,35H,26H2. The molecule has 1 atom stereocenters. The van der Waals surface area contributed by atoms with Crippen molar-refractivity contribution in [2.45, 2.75) is 12.3 Å². The third-order valence-electron chi connectivity index (χ3n) is 9.84. The Hall–Kier alpha value is -6.72. The van der Waals surface area contributed by atoms with Crippen LogP contribution < -0.4 is 0 Å². The quantitative estimate of drug-likeness (QED) is 0.173. The molecule has 0 radical (unpaired) electrons. The van der Waals surface area contributed by atoms with Gasteiger partial charge in [0.15, 0.2) is 11.6 Å². The summed E-state index contributed by atoms with van der Waals surface area (Å²) in [5, 5.41) is 5.49. The average Bonchev–Trinajstić information content (AvgIpc) is 3.61. The zero-order chi connectivity index (χ0) is 33.7. The number of nitrogens with zero attached hydrogens (tertiary/aromatic N) is 4. The van der Waals surface area contributed by atoms with Gasteiger partial charge in [-0.15, -0.1) is 0 Å². The molecule has 0 saturated heterocycles. The molecule has 1 unspecified atom stereocenters. The third kappa shape index (κ3) is 5.10. The van der Waals surface area contributed by atoms with Crippen molar-refractivity contribution < 1.29 is 4.42 Å². The van der Waals surface area contributed by atoms with Crippen molar-refractivity contribution in [3.8, 4) is 34.0 Å². The van der Waals surface area contributed by atoms with Gasteiger partial charge in [-0.2, -0.15) is 0 Å². The lowest BCUT2D eigenvalue weighted by Crippen LogP contribution is -2.08. The van der Waals surface area contributed by atoms with Crippen LogP contribution in [0.15, 0.2) is 168 Å². The number of aromatic nitrogens is 4. The lowest BCUT2D eigenvalue weighted by atomic mass is 9.91. The summed E-state index contributed by atoms with van der Waals surface area (Å²) in [5.74, 6) is 2.19. The van der Waals surface area contributed by atoms with E-state index in [-0.39, 0.29) is 5.92 Å². The molecule has 0 bridgehead atoms. The molecule has 3 heterocycles. The number of pyridine rings is 1. The summed E-state index contributed by atoms with van der Waals surface area (Å²) in [6.45, 7) is 0. The fraction of sp³-hybridized carbons (Fsp3) is 0.0435. The largest absolute Gasteiger partial charge is 0.455 e. The van der Waals surface area contributed by atoms with Crippen molar-refractivity contribution in [2.24, 2.45) is 0 Å². The number of benzene rings is 6. The van der Waals surface area contributed by atoms with Gasteiger partial charge in [0, 0.05) is 28.0 Å². The Labute approximate surface area is 294 Å². The van der Waals surface area contributed by atoms with Gasteiger partial charge in [0.2, 0.25) is 0 Å². The van der Waals surface area contributed by atoms with Crippen LogP contribution >= 0.6 is 0 Å². The zero-order valence-corrected chi connectivity index (χ0v) is 27.6. The highest BCUT2D eigenvalue weighted by Gasteiger charge is 2.21. The Morgan fingerprint density at radius 2 is 1.16 bits per heavy atom. The van der Waals surface area contributed by atoms with Crippen molar-refractivity contribution >= 4 is 49.2 Å². The Balaban J connectivity index is 0.999. The van der Waals surface area contributed by atoms with Gasteiger partial charge in [0.1, 0.15) is 17.0 Å². The fourth-order valence-electron chi connectivity index (χ4n) is 7.27. The second-order valence-electron chi connectivity index (χ2n) is 13.0. The molecule has 10 rings (SSSR count). The van der Waals surface area contributed by atoms with Gasteiger partial charge >= 0.3 is 0 Å². The van der Waals surface area contributed by atoms with Crippen molar-refractivity contribution in [2.75, 3.05) is 0 Å². The first-order valence-corrected chi connectivity index (χ1v) is 17.3. The van der Waals surface area contributed by atoms with Gasteiger partial charge in [-0.3, -0.25) is 0 Å². The number of para-hydroxylation sites is 1. The van der Waals surface area contributed by atoms with Crippen LogP contribution in [0.3, 0.4) is 0 Å². The molecule has 51 heavy (non-hydrogen) atoms. The molecule has 240 valence electrons. The molecule has 9 aromatic rings. The Morgan fingerprint density at radius 3 is 1.86 bits per heavy atom. The summed E-state index contributed by atoms with van der Waals surface area (Å²) < 4.78 is 6.59. The second-order valence-corrected chi connectivity index (χ2v) is 13.0. The molecule has 0 saturated carbocycles. The molecule has 1 aliphatic carbocycles. The van der Waals surface area contributed by atoms with E-state index >= 15 is 0 Å². The van der Waals surface area contributed by atoms with Gasteiger partial charge in [-0.1, -0.05) is 152 Å². The van der Waals surface area contributed by atoms with E-state index in [1.165, 1.54) is 11.0 Å². The number of hydrogen-bond donors (Lipinski definition) is 0. The maximum absolute atomic E-state index is 6.59. The van der Waals surface area contributed by atoms with Crippen LogP contribution in [0.5, 0.6) is 0 Å². The first-order chi connectivity index (χ1) is 25.3. The van der Waals surface area contributed by atoms with Gasteiger partial charge < -0.3 is 4.42 Å². The summed E-state index contributed by atoms with van der Waals surface area (Å²) in [4.78, 5) is 20.1.